The number of hydrogen-bond donors (Lipinski definition) is 4. The van der Waals surface area contributed by atoms with Gasteiger partial charge in [0.1, 0.15) is 23.1 Å². The van der Waals surface area contributed by atoms with Crippen LogP contribution in [0.1, 0.15) is 5.56 Å². The van der Waals surface area contributed by atoms with Crippen LogP contribution in [-0.2, 0) is 11.2 Å². The second-order valence-corrected chi connectivity index (χ2v) is 5.03. The van der Waals surface area contributed by atoms with Crippen molar-refractivity contribution in [3.05, 3.63) is 65.9 Å². The van der Waals surface area contributed by atoms with Gasteiger partial charge in [0, 0.05) is 18.4 Å². The molecule has 24 heavy (non-hydrogen) atoms. The Labute approximate surface area is 139 Å². The van der Waals surface area contributed by atoms with Crippen LogP contribution in [0.15, 0.2) is 60.3 Å². The largest absolute Gasteiger partial charge is 0.508 e. The van der Waals surface area contributed by atoms with E-state index >= 15 is 0 Å². The van der Waals surface area contributed by atoms with Crippen molar-refractivity contribution in [3.8, 4) is 17.6 Å². The van der Waals surface area contributed by atoms with Gasteiger partial charge in [-0.05, 0) is 48.4 Å². The molecule has 0 aliphatic rings. The molecule has 0 saturated carbocycles. The number of phenolic OH excluding ortho intramolecular Hbond substituents is 2. The van der Waals surface area contributed by atoms with Crippen LogP contribution in [0.3, 0.4) is 0 Å². The topological polar surface area (TPSA) is 105 Å². The third-order valence-corrected chi connectivity index (χ3v) is 3.25. The molecule has 4 N–H and O–H groups in total. The summed E-state index contributed by atoms with van der Waals surface area (Å²) in [6, 6.07) is 14.8. The summed E-state index contributed by atoms with van der Waals surface area (Å²) < 4.78 is 0. The van der Waals surface area contributed by atoms with Crippen LogP contribution in [0, 0.1) is 11.3 Å². The van der Waals surface area contributed by atoms with Gasteiger partial charge in [-0.3, -0.25) is 4.79 Å². The summed E-state index contributed by atoms with van der Waals surface area (Å²) in [5.74, 6) is -0.141. The third-order valence-electron chi connectivity index (χ3n) is 3.25. The molecule has 6 heteroatoms. The molecule has 0 aliphatic heterocycles. The summed E-state index contributed by atoms with van der Waals surface area (Å²) in [6.07, 6.45) is 1.92. The van der Waals surface area contributed by atoms with Crippen LogP contribution >= 0.6 is 0 Å². The first-order valence-corrected chi connectivity index (χ1v) is 7.30. The molecule has 0 aliphatic carbocycles. The van der Waals surface area contributed by atoms with Crippen LogP contribution in [0.5, 0.6) is 11.5 Å². The normalized spacial score (nSPS) is 10.7. The molecule has 0 bridgehead atoms. The Bertz CT molecular complexity index is 760. The van der Waals surface area contributed by atoms with Gasteiger partial charge < -0.3 is 20.8 Å². The molecule has 6 nitrogen and oxygen atoms in total. The Kier molecular flexibility index (Phi) is 5.81. The summed E-state index contributed by atoms with van der Waals surface area (Å²) in [5.41, 5.74) is 1.57. The van der Waals surface area contributed by atoms with Gasteiger partial charge in [-0.25, -0.2) is 0 Å². The van der Waals surface area contributed by atoms with E-state index < -0.39 is 5.91 Å². The first-order chi connectivity index (χ1) is 11.6. The Balaban J connectivity index is 1.86. The van der Waals surface area contributed by atoms with Gasteiger partial charge in [0.15, 0.2) is 0 Å². The van der Waals surface area contributed by atoms with E-state index in [0.29, 0.717) is 18.7 Å². The van der Waals surface area contributed by atoms with E-state index in [2.05, 4.69) is 10.6 Å². The van der Waals surface area contributed by atoms with Crippen molar-refractivity contribution in [2.45, 2.75) is 6.42 Å². The lowest BCUT2D eigenvalue weighted by Crippen LogP contribution is -2.27. The van der Waals surface area contributed by atoms with Crippen LogP contribution < -0.4 is 10.6 Å². The second-order valence-electron chi connectivity index (χ2n) is 5.03. The maximum atomic E-state index is 12.0. The molecular formula is C18H17N3O3. The van der Waals surface area contributed by atoms with Gasteiger partial charge in [0.25, 0.3) is 5.91 Å². The van der Waals surface area contributed by atoms with Crippen LogP contribution in [0.4, 0.5) is 5.69 Å². The molecule has 0 fully saturated rings. The van der Waals surface area contributed by atoms with Gasteiger partial charge in [0.05, 0.1) is 0 Å². The van der Waals surface area contributed by atoms with E-state index in [4.69, 9.17) is 5.26 Å². The second kappa shape index (κ2) is 8.25. The lowest BCUT2D eigenvalue weighted by Gasteiger charge is -2.06. The Hall–Kier alpha value is -3.46. The maximum Gasteiger partial charge on any atom is 0.263 e. The molecule has 0 atom stereocenters. The number of carbonyl (C=O) groups is 1. The molecular weight excluding hydrogens is 306 g/mol. The van der Waals surface area contributed by atoms with Crippen LogP contribution in [0.25, 0.3) is 0 Å². The number of aromatic hydroxyl groups is 2. The van der Waals surface area contributed by atoms with E-state index in [0.717, 1.165) is 5.56 Å². The monoisotopic (exact) mass is 323 g/mol. The number of amides is 1. The Morgan fingerprint density at radius 1 is 1.04 bits per heavy atom. The van der Waals surface area contributed by atoms with Crippen molar-refractivity contribution in [3.63, 3.8) is 0 Å². The summed E-state index contributed by atoms with van der Waals surface area (Å²) in [7, 11) is 0. The minimum Gasteiger partial charge on any atom is -0.508 e. The molecule has 0 unspecified atom stereocenters. The average Bonchev–Trinajstić information content (AvgIpc) is 2.59. The molecule has 1 amide bonds. The highest BCUT2D eigenvalue weighted by atomic mass is 16.3. The highest BCUT2D eigenvalue weighted by Crippen LogP contribution is 2.14. The molecule has 0 radical (unpaired) electrons. The summed E-state index contributed by atoms with van der Waals surface area (Å²) in [5, 5.41) is 33.0. The van der Waals surface area contributed by atoms with E-state index in [-0.39, 0.29) is 17.1 Å². The predicted octanol–water partition coefficient (Wildman–Crippen LogP) is 2.28. The molecule has 0 saturated heterocycles. The van der Waals surface area contributed by atoms with Crippen molar-refractivity contribution >= 4 is 11.6 Å². The van der Waals surface area contributed by atoms with Gasteiger partial charge >= 0.3 is 0 Å². The van der Waals surface area contributed by atoms with E-state index in [9.17, 15) is 15.0 Å². The molecule has 0 heterocycles. The predicted molar refractivity (Wildman–Crippen MR) is 90.2 cm³/mol. The molecule has 0 aromatic heterocycles. The molecule has 2 aromatic rings. The first kappa shape index (κ1) is 16.9. The molecule has 2 rings (SSSR count). The number of carbonyl (C=O) groups excluding carboxylic acids is 1. The SMILES string of the molecule is N#C/C(=C/Nc1ccc(O)cc1)C(=O)NCCc1ccc(O)cc1. The van der Waals surface area contributed by atoms with Crippen LogP contribution in [-0.4, -0.2) is 22.7 Å². The minimum absolute atomic E-state index is 0.0474. The van der Waals surface area contributed by atoms with Crippen molar-refractivity contribution in [2.75, 3.05) is 11.9 Å². The van der Waals surface area contributed by atoms with E-state index in [1.807, 2.05) is 6.07 Å². The average molecular weight is 323 g/mol. The van der Waals surface area contributed by atoms with E-state index in [1.165, 1.54) is 18.3 Å². The number of benzene rings is 2. The zero-order valence-electron chi connectivity index (χ0n) is 12.9. The fourth-order valence-electron chi connectivity index (χ4n) is 1.94. The highest BCUT2D eigenvalue weighted by molar-refractivity contribution is 5.97. The number of hydrogen-bond acceptors (Lipinski definition) is 5. The van der Waals surface area contributed by atoms with Gasteiger partial charge in [-0.1, -0.05) is 12.1 Å². The smallest absolute Gasteiger partial charge is 0.263 e. The molecule has 122 valence electrons. The van der Waals surface area contributed by atoms with Crippen molar-refractivity contribution in [1.29, 1.82) is 5.26 Å². The minimum atomic E-state index is -0.470. The number of rotatable bonds is 6. The standard InChI is InChI=1S/C18H17N3O3/c19-11-14(12-21-15-3-7-17(23)8-4-15)18(24)20-10-9-13-1-5-16(22)6-2-13/h1-8,12,21-23H,9-10H2,(H,20,24)/b14-12-. The van der Waals surface area contributed by atoms with Crippen LogP contribution in [0.2, 0.25) is 0 Å². The zero-order chi connectivity index (χ0) is 17.4. The first-order valence-electron chi connectivity index (χ1n) is 7.30. The quantitative estimate of drug-likeness (QED) is 0.371. The fraction of sp³-hybridized carbons (Fsp3) is 0.111. The summed E-state index contributed by atoms with van der Waals surface area (Å²) >= 11 is 0. The van der Waals surface area contributed by atoms with Gasteiger partial charge in [0.2, 0.25) is 0 Å². The van der Waals surface area contributed by atoms with E-state index in [1.54, 1.807) is 36.4 Å². The number of anilines is 1. The maximum absolute atomic E-state index is 12.0. The lowest BCUT2D eigenvalue weighted by molar-refractivity contribution is -0.117. The van der Waals surface area contributed by atoms with Gasteiger partial charge in [-0.15, -0.1) is 0 Å². The number of nitrogens with one attached hydrogen (secondary N) is 2. The van der Waals surface area contributed by atoms with Crippen molar-refractivity contribution in [1.82, 2.24) is 5.32 Å². The fourth-order valence-corrected chi connectivity index (χ4v) is 1.94. The number of nitrogens with zero attached hydrogens (tertiary/aromatic N) is 1. The zero-order valence-corrected chi connectivity index (χ0v) is 12.9. The number of nitriles is 1. The summed E-state index contributed by atoms with van der Waals surface area (Å²) in [4.78, 5) is 12.0. The molecule has 2 aromatic carbocycles. The Morgan fingerprint density at radius 2 is 1.62 bits per heavy atom. The third kappa shape index (κ3) is 5.07. The Morgan fingerprint density at radius 3 is 2.21 bits per heavy atom. The van der Waals surface area contributed by atoms with Crippen molar-refractivity contribution < 1.29 is 15.0 Å². The molecule has 0 spiro atoms. The van der Waals surface area contributed by atoms with Gasteiger partial charge in [-0.2, -0.15) is 5.26 Å². The summed E-state index contributed by atoms with van der Waals surface area (Å²) in [6.45, 7) is 0.377. The van der Waals surface area contributed by atoms with Crippen molar-refractivity contribution in [2.24, 2.45) is 0 Å². The lowest BCUT2D eigenvalue weighted by atomic mass is 10.1. The number of phenols is 2. The highest BCUT2D eigenvalue weighted by Gasteiger charge is 2.08.